The molecule has 0 atom stereocenters. The number of aryl methyl sites for hydroxylation is 1. The largest absolute Gasteiger partial charge is 0.368 e. The van der Waals surface area contributed by atoms with Gasteiger partial charge in [-0.25, -0.2) is 13.4 Å². The third-order valence-corrected chi connectivity index (χ3v) is 6.41. The first-order valence-electron chi connectivity index (χ1n) is 8.24. The molecule has 0 radical (unpaired) electrons. The molecule has 134 valence electrons. The van der Waals surface area contributed by atoms with Crippen LogP contribution in [0.25, 0.3) is 0 Å². The molecule has 0 bridgehead atoms. The molecule has 0 unspecified atom stereocenters. The lowest BCUT2D eigenvalue weighted by atomic mass is 9.97. The molecule has 1 saturated heterocycles. The van der Waals surface area contributed by atoms with Crippen LogP contribution in [0.2, 0.25) is 0 Å². The molecule has 1 fully saturated rings. The number of hydrogen-bond donors (Lipinski definition) is 1. The maximum atomic E-state index is 12.8. The van der Waals surface area contributed by atoms with Crippen LogP contribution in [0.4, 0.5) is 0 Å². The third kappa shape index (κ3) is 3.74. The van der Waals surface area contributed by atoms with Gasteiger partial charge in [-0.05, 0) is 37.5 Å². The number of nitrogens with two attached hydrogens (primary N) is 1. The Morgan fingerprint density at radius 1 is 1.32 bits per heavy atom. The van der Waals surface area contributed by atoms with Crippen molar-refractivity contribution in [1.29, 1.82) is 0 Å². The molecular weight excluding hydrogens is 340 g/mol. The number of piperidine rings is 1. The fourth-order valence-electron chi connectivity index (χ4n) is 3.26. The summed E-state index contributed by atoms with van der Waals surface area (Å²) >= 11 is 0. The van der Waals surface area contributed by atoms with Gasteiger partial charge < -0.3 is 10.3 Å². The SMILES string of the molecule is Cc1cccc(S(=O)(=O)N2CCC(c3nccn3CC(N)=O)CC2)c1. The number of amides is 1. The summed E-state index contributed by atoms with van der Waals surface area (Å²) in [5.41, 5.74) is 6.18. The quantitative estimate of drug-likeness (QED) is 0.865. The van der Waals surface area contributed by atoms with E-state index in [9.17, 15) is 13.2 Å². The van der Waals surface area contributed by atoms with E-state index in [0.717, 1.165) is 11.4 Å². The number of hydrogen-bond acceptors (Lipinski definition) is 4. The van der Waals surface area contributed by atoms with Gasteiger partial charge in [-0.1, -0.05) is 12.1 Å². The number of sulfonamides is 1. The highest BCUT2D eigenvalue weighted by Gasteiger charge is 2.31. The van der Waals surface area contributed by atoms with Crippen molar-refractivity contribution < 1.29 is 13.2 Å². The van der Waals surface area contributed by atoms with Crippen LogP contribution in [0.15, 0.2) is 41.6 Å². The zero-order chi connectivity index (χ0) is 18.0. The monoisotopic (exact) mass is 362 g/mol. The van der Waals surface area contributed by atoms with E-state index in [-0.39, 0.29) is 12.5 Å². The molecule has 1 aliphatic rings. The highest BCUT2D eigenvalue weighted by molar-refractivity contribution is 7.89. The van der Waals surface area contributed by atoms with Gasteiger partial charge >= 0.3 is 0 Å². The molecule has 1 aromatic heterocycles. The van der Waals surface area contributed by atoms with Gasteiger partial charge in [0.15, 0.2) is 0 Å². The Bertz CT molecular complexity index is 868. The Morgan fingerprint density at radius 2 is 2.04 bits per heavy atom. The fourth-order valence-corrected chi connectivity index (χ4v) is 4.84. The van der Waals surface area contributed by atoms with Crippen LogP contribution >= 0.6 is 0 Å². The Kier molecular flexibility index (Phi) is 4.91. The Hall–Kier alpha value is -2.19. The molecular formula is C17H22N4O3S. The van der Waals surface area contributed by atoms with Crippen molar-refractivity contribution in [2.24, 2.45) is 5.73 Å². The zero-order valence-electron chi connectivity index (χ0n) is 14.1. The number of benzene rings is 1. The normalized spacial score (nSPS) is 16.8. The van der Waals surface area contributed by atoms with Gasteiger partial charge in [0.25, 0.3) is 0 Å². The third-order valence-electron chi connectivity index (χ3n) is 4.52. The molecule has 7 nitrogen and oxygen atoms in total. The second kappa shape index (κ2) is 6.97. The second-order valence-corrected chi connectivity index (χ2v) is 8.31. The number of carbonyl (C=O) groups is 1. The first-order chi connectivity index (χ1) is 11.9. The highest BCUT2D eigenvalue weighted by atomic mass is 32.2. The number of nitrogens with zero attached hydrogens (tertiary/aromatic N) is 3. The van der Waals surface area contributed by atoms with Gasteiger partial charge in [-0.3, -0.25) is 4.79 Å². The summed E-state index contributed by atoms with van der Waals surface area (Å²) in [6, 6.07) is 6.97. The molecule has 2 aromatic rings. The molecule has 1 amide bonds. The molecule has 0 saturated carbocycles. The molecule has 2 heterocycles. The van der Waals surface area contributed by atoms with Crippen LogP contribution in [0.1, 0.15) is 30.1 Å². The van der Waals surface area contributed by atoms with Crippen LogP contribution in [0.3, 0.4) is 0 Å². The van der Waals surface area contributed by atoms with Crippen molar-refractivity contribution in [3.8, 4) is 0 Å². The lowest BCUT2D eigenvalue weighted by Crippen LogP contribution is -2.38. The lowest BCUT2D eigenvalue weighted by Gasteiger charge is -2.31. The minimum Gasteiger partial charge on any atom is -0.368 e. The van der Waals surface area contributed by atoms with E-state index in [0.29, 0.717) is 30.8 Å². The predicted molar refractivity (Wildman–Crippen MR) is 93.3 cm³/mol. The summed E-state index contributed by atoms with van der Waals surface area (Å²) in [5, 5.41) is 0. The molecule has 0 spiro atoms. The molecule has 2 N–H and O–H groups in total. The van der Waals surface area contributed by atoms with Crippen molar-refractivity contribution in [2.75, 3.05) is 13.1 Å². The predicted octanol–water partition coefficient (Wildman–Crippen LogP) is 1.25. The van der Waals surface area contributed by atoms with Crippen molar-refractivity contribution in [3.63, 3.8) is 0 Å². The summed E-state index contributed by atoms with van der Waals surface area (Å²) in [7, 11) is -3.47. The fraction of sp³-hybridized carbons (Fsp3) is 0.412. The Morgan fingerprint density at radius 3 is 2.68 bits per heavy atom. The Labute approximate surface area is 147 Å². The van der Waals surface area contributed by atoms with E-state index in [1.165, 1.54) is 4.31 Å². The summed E-state index contributed by atoms with van der Waals surface area (Å²) in [5.74, 6) is 0.503. The number of imidazole rings is 1. The zero-order valence-corrected chi connectivity index (χ0v) is 14.9. The topological polar surface area (TPSA) is 98.3 Å². The molecule has 25 heavy (non-hydrogen) atoms. The molecule has 8 heteroatoms. The summed E-state index contributed by atoms with van der Waals surface area (Å²) in [6.45, 7) is 2.84. The highest BCUT2D eigenvalue weighted by Crippen LogP contribution is 2.30. The Balaban J connectivity index is 1.72. The minimum atomic E-state index is -3.47. The molecule has 1 aromatic carbocycles. The van der Waals surface area contributed by atoms with Crippen LogP contribution in [0.5, 0.6) is 0 Å². The number of rotatable bonds is 5. The summed E-state index contributed by atoms with van der Waals surface area (Å²) in [4.78, 5) is 15.8. The number of primary amides is 1. The first kappa shape index (κ1) is 17.6. The van der Waals surface area contributed by atoms with Crippen LogP contribution in [-0.2, 0) is 21.4 Å². The number of carbonyl (C=O) groups excluding carboxylic acids is 1. The molecule has 0 aliphatic carbocycles. The van der Waals surface area contributed by atoms with E-state index in [2.05, 4.69) is 4.98 Å². The van der Waals surface area contributed by atoms with Gasteiger partial charge in [0.1, 0.15) is 12.4 Å². The van der Waals surface area contributed by atoms with Crippen LogP contribution in [-0.4, -0.2) is 41.3 Å². The maximum Gasteiger partial charge on any atom is 0.243 e. The second-order valence-electron chi connectivity index (χ2n) is 6.37. The van der Waals surface area contributed by atoms with Gasteiger partial charge in [-0.2, -0.15) is 4.31 Å². The first-order valence-corrected chi connectivity index (χ1v) is 9.68. The summed E-state index contributed by atoms with van der Waals surface area (Å²) in [6.07, 6.45) is 4.71. The minimum absolute atomic E-state index is 0.0944. The van der Waals surface area contributed by atoms with Crippen molar-refractivity contribution in [3.05, 3.63) is 48.0 Å². The van der Waals surface area contributed by atoms with Gasteiger partial charge in [-0.15, -0.1) is 0 Å². The maximum absolute atomic E-state index is 12.8. The van der Waals surface area contributed by atoms with Crippen LogP contribution < -0.4 is 5.73 Å². The smallest absolute Gasteiger partial charge is 0.243 e. The average molecular weight is 362 g/mol. The van der Waals surface area contributed by atoms with E-state index in [1.807, 2.05) is 13.0 Å². The van der Waals surface area contributed by atoms with Gasteiger partial charge in [0.2, 0.25) is 15.9 Å². The summed E-state index contributed by atoms with van der Waals surface area (Å²) < 4.78 is 28.9. The van der Waals surface area contributed by atoms with Crippen molar-refractivity contribution in [1.82, 2.24) is 13.9 Å². The van der Waals surface area contributed by atoms with E-state index >= 15 is 0 Å². The van der Waals surface area contributed by atoms with Crippen molar-refractivity contribution >= 4 is 15.9 Å². The average Bonchev–Trinajstić information content (AvgIpc) is 3.02. The van der Waals surface area contributed by atoms with E-state index in [1.54, 1.807) is 35.2 Å². The molecule has 3 rings (SSSR count). The van der Waals surface area contributed by atoms with Crippen LogP contribution in [0, 0.1) is 6.92 Å². The standard InChI is InChI=1S/C17H22N4O3S/c1-13-3-2-4-15(11-13)25(23,24)21-8-5-14(6-9-21)17-19-7-10-20(17)12-16(18)22/h2-4,7,10-11,14H,5-6,8-9,12H2,1H3,(H2,18,22). The van der Waals surface area contributed by atoms with Gasteiger partial charge in [0.05, 0.1) is 4.90 Å². The lowest BCUT2D eigenvalue weighted by molar-refractivity contribution is -0.118. The van der Waals surface area contributed by atoms with E-state index in [4.69, 9.17) is 5.73 Å². The number of aromatic nitrogens is 2. The van der Waals surface area contributed by atoms with Crippen molar-refractivity contribution in [2.45, 2.75) is 37.1 Å². The van der Waals surface area contributed by atoms with E-state index < -0.39 is 15.9 Å². The van der Waals surface area contributed by atoms with Gasteiger partial charge in [0, 0.05) is 31.4 Å². The molecule has 1 aliphatic heterocycles.